The summed E-state index contributed by atoms with van der Waals surface area (Å²) in [5.41, 5.74) is 7.59. The molecule has 0 aliphatic carbocycles. The van der Waals surface area contributed by atoms with Crippen molar-refractivity contribution < 1.29 is 9.59 Å². The summed E-state index contributed by atoms with van der Waals surface area (Å²) in [7, 11) is 5.94. The highest BCUT2D eigenvalue weighted by atomic mass is 16.2. The molecule has 2 heterocycles. The van der Waals surface area contributed by atoms with E-state index < -0.39 is 0 Å². The predicted molar refractivity (Wildman–Crippen MR) is 157 cm³/mol. The van der Waals surface area contributed by atoms with Crippen LogP contribution in [0.3, 0.4) is 0 Å². The van der Waals surface area contributed by atoms with Gasteiger partial charge in [-0.05, 0) is 86.6 Å². The monoisotopic (exact) mass is 520 g/mol. The lowest BCUT2D eigenvalue weighted by Crippen LogP contribution is -2.32. The van der Waals surface area contributed by atoms with Crippen LogP contribution in [0.1, 0.15) is 44.1 Å². The summed E-state index contributed by atoms with van der Waals surface area (Å²) in [5.74, 6) is -0.0498. The fourth-order valence-electron chi connectivity index (χ4n) is 5.29. The third-order valence-corrected chi connectivity index (χ3v) is 7.50. The Bertz CT molecular complexity index is 1490. The van der Waals surface area contributed by atoms with Crippen molar-refractivity contribution >= 4 is 17.5 Å². The first kappa shape index (κ1) is 26.4. The third kappa shape index (κ3) is 5.52. The van der Waals surface area contributed by atoms with Gasteiger partial charge in [-0.25, -0.2) is 0 Å². The Balaban J connectivity index is 1.42. The van der Waals surface area contributed by atoms with Crippen molar-refractivity contribution in [3.05, 3.63) is 113 Å². The van der Waals surface area contributed by atoms with E-state index in [1.54, 1.807) is 4.90 Å². The Kier molecular flexibility index (Phi) is 7.66. The number of rotatable bonds is 7. The highest BCUT2D eigenvalue weighted by Gasteiger charge is 2.28. The van der Waals surface area contributed by atoms with Gasteiger partial charge in [0, 0.05) is 30.5 Å². The lowest BCUT2D eigenvalue weighted by Gasteiger charge is -2.23. The molecule has 0 bridgehead atoms. The molecule has 0 unspecified atom stereocenters. The Hall–Kier alpha value is -4.16. The van der Waals surface area contributed by atoms with Gasteiger partial charge in [-0.15, -0.1) is 0 Å². The number of hydrogen-bond donors (Lipinski definition) is 0. The molecule has 0 N–H and O–H groups in total. The lowest BCUT2D eigenvalue weighted by atomic mass is 9.99. The number of aromatic nitrogens is 1. The highest BCUT2D eigenvalue weighted by molar-refractivity contribution is 6.07. The van der Waals surface area contributed by atoms with Crippen molar-refractivity contribution in [2.75, 3.05) is 39.1 Å². The van der Waals surface area contributed by atoms with Crippen LogP contribution in [0.5, 0.6) is 0 Å². The van der Waals surface area contributed by atoms with Crippen LogP contribution in [-0.2, 0) is 13.1 Å². The zero-order valence-corrected chi connectivity index (χ0v) is 23.2. The molecule has 6 nitrogen and oxygen atoms in total. The van der Waals surface area contributed by atoms with Crippen molar-refractivity contribution in [1.29, 1.82) is 0 Å². The normalized spacial score (nSPS) is 12.6. The van der Waals surface area contributed by atoms with Crippen LogP contribution in [0.15, 0.2) is 84.9 Å². The molecular formula is C33H36N4O2. The Morgan fingerprint density at radius 3 is 2.26 bits per heavy atom. The molecule has 3 aromatic carbocycles. The predicted octanol–water partition coefficient (Wildman–Crippen LogP) is 5.70. The minimum absolute atomic E-state index is 0.00376. The Morgan fingerprint density at radius 1 is 0.795 bits per heavy atom. The second-order valence-electron chi connectivity index (χ2n) is 10.6. The van der Waals surface area contributed by atoms with Crippen molar-refractivity contribution in [3.63, 3.8) is 0 Å². The molecule has 0 atom stereocenters. The fraction of sp³-hybridized carbons (Fsp3) is 0.273. The number of fused-ring (bicyclic) bond motifs is 2. The number of anilines is 1. The maximum Gasteiger partial charge on any atom is 0.270 e. The van der Waals surface area contributed by atoms with E-state index in [1.807, 2.05) is 98.8 Å². The summed E-state index contributed by atoms with van der Waals surface area (Å²) in [6.07, 6.45) is 0.913. The summed E-state index contributed by atoms with van der Waals surface area (Å²) in [4.78, 5) is 33.1. The molecule has 0 saturated carbocycles. The molecule has 6 heteroatoms. The smallest absolute Gasteiger partial charge is 0.270 e. The van der Waals surface area contributed by atoms with Crippen molar-refractivity contribution in [1.82, 2.24) is 14.4 Å². The van der Waals surface area contributed by atoms with Gasteiger partial charge < -0.3 is 19.3 Å². The van der Waals surface area contributed by atoms with Crippen molar-refractivity contribution in [2.24, 2.45) is 0 Å². The number of carbonyl (C=O) groups is 2. The average molecular weight is 521 g/mol. The number of nitrogens with zero attached hydrogens (tertiary/aromatic N) is 4. The van der Waals surface area contributed by atoms with Crippen LogP contribution < -0.4 is 4.90 Å². The van der Waals surface area contributed by atoms with E-state index in [2.05, 4.69) is 28.5 Å². The third-order valence-electron chi connectivity index (χ3n) is 7.50. The van der Waals surface area contributed by atoms with Crippen LogP contribution in [0.2, 0.25) is 0 Å². The van der Waals surface area contributed by atoms with Gasteiger partial charge in [0.05, 0.1) is 13.1 Å². The molecule has 5 rings (SSSR count). The SMILES string of the molecule is Cc1ccccc1-c1ccc(C(=O)N2Cc3ccc(C(=O)N(C)CCCN(C)C)n3Cc3ccccc32)cc1. The second-order valence-corrected chi connectivity index (χ2v) is 10.6. The van der Waals surface area contributed by atoms with Gasteiger partial charge in [0.2, 0.25) is 0 Å². The second kappa shape index (κ2) is 11.3. The average Bonchev–Trinajstić information content (AvgIpc) is 3.25. The number of benzene rings is 3. The molecule has 39 heavy (non-hydrogen) atoms. The minimum atomic E-state index is -0.0536. The van der Waals surface area contributed by atoms with Gasteiger partial charge in [-0.3, -0.25) is 9.59 Å². The molecule has 1 aromatic heterocycles. The zero-order valence-electron chi connectivity index (χ0n) is 23.2. The molecular weight excluding hydrogens is 484 g/mol. The Morgan fingerprint density at radius 2 is 1.51 bits per heavy atom. The van der Waals surface area contributed by atoms with Gasteiger partial charge in [0.25, 0.3) is 11.8 Å². The van der Waals surface area contributed by atoms with E-state index in [0.717, 1.165) is 35.5 Å². The van der Waals surface area contributed by atoms with Gasteiger partial charge in [0.1, 0.15) is 5.69 Å². The van der Waals surface area contributed by atoms with Crippen molar-refractivity contribution in [3.8, 4) is 11.1 Å². The number of para-hydroxylation sites is 1. The highest BCUT2D eigenvalue weighted by Crippen LogP contribution is 2.31. The Labute approximate surface area is 231 Å². The van der Waals surface area contributed by atoms with E-state index in [1.165, 1.54) is 11.1 Å². The molecule has 0 saturated heterocycles. The first-order chi connectivity index (χ1) is 18.8. The number of carbonyl (C=O) groups excluding carboxylic acids is 2. The van der Waals surface area contributed by atoms with E-state index in [4.69, 9.17) is 0 Å². The molecule has 1 aliphatic heterocycles. The van der Waals surface area contributed by atoms with Crippen LogP contribution >= 0.6 is 0 Å². The van der Waals surface area contributed by atoms with E-state index in [0.29, 0.717) is 30.9 Å². The fourth-order valence-corrected chi connectivity index (χ4v) is 5.29. The van der Waals surface area contributed by atoms with Gasteiger partial charge in [-0.1, -0.05) is 54.6 Å². The molecule has 1 aliphatic rings. The zero-order chi connectivity index (χ0) is 27.5. The summed E-state index contributed by atoms with van der Waals surface area (Å²) < 4.78 is 2.07. The van der Waals surface area contributed by atoms with Gasteiger partial charge >= 0.3 is 0 Å². The minimum Gasteiger partial charge on any atom is -0.340 e. The molecule has 200 valence electrons. The van der Waals surface area contributed by atoms with Crippen LogP contribution in [0, 0.1) is 6.92 Å². The molecule has 0 spiro atoms. The number of hydrogen-bond acceptors (Lipinski definition) is 3. The quantitative estimate of drug-likeness (QED) is 0.314. The largest absolute Gasteiger partial charge is 0.340 e. The summed E-state index contributed by atoms with van der Waals surface area (Å²) in [6, 6.07) is 28.0. The maximum atomic E-state index is 13.9. The van der Waals surface area contributed by atoms with E-state index >= 15 is 0 Å². The maximum absolute atomic E-state index is 13.9. The number of amides is 2. The molecule has 2 amide bonds. The summed E-state index contributed by atoms with van der Waals surface area (Å²) in [5, 5.41) is 0. The summed E-state index contributed by atoms with van der Waals surface area (Å²) in [6.45, 7) is 4.66. The molecule has 0 fully saturated rings. The van der Waals surface area contributed by atoms with Gasteiger partial charge in [-0.2, -0.15) is 0 Å². The van der Waals surface area contributed by atoms with Crippen LogP contribution in [0.25, 0.3) is 11.1 Å². The lowest BCUT2D eigenvalue weighted by molar-refractivity contribution is 0.0780. The standard InChI is InChI=1S/C33H36N4O2/c1-24-10-5-7-12-29(24)25-14-16-26(17-15-25)32(38)37-23-28-18-19-31(33(39)35(4)21-9-20-34(2)3)36(28)22-27-11-6-8-13-30(27)37/h5-8,10-19H,9,20-23H2,1-4H3. The topological polar surface area (TPSA) is 48.8 Å². The van der Waals surface area contributed by atoms with E-state index in [9.17, 15) is 9.59 Å². The molecule has 4 aromatic rings. The first-order valence-corrected chi connectivity index (χ1v) is 13.5. The molecule has 0 radical (unpaired) electrons. The summed E-state index contributed by atoms with van der Waals surface area (Å²) >= 11 is 0. The number of aryl methyl sites for hydroxylation is 1. The van der Waals surface area contributed by atoms with E-state index in [-0.39, 0.29) is 11.8 Å². The van der Waals surface area contributed by atoms with Gasteiger partial charge in [0.15, 0.2) is 0 Å². The first-order valence-electron chi connectivity index (χ1n) is 13.5. The van der Waals surface area contributed by atoms with Crippen molar-refractivity contribution in [2.45, 2.75) is 26.4 Å². The van der Waals surface area contributed by atoms with Crippen LogP contribution in [0.4, 0.5) is 5.69 Å². The van der Waals surface area contributed by atoms with Crippen LogP contribution in [-0.4, -0.2) is 60.4 Å².